The largest absolute Gasteiger partial charge is 0.324 e. The molecule has 0 unspecified atom stereocenters. The van der Waals surface area contributed by atoms with Crippen LogP contribution in [-0.4, -0.2) is 40.1 Å². The van der Waals surface area contributed by atoms with E-state index in [0.717, 1.165) is 15.8 Å². The van der Waals surface area contributed by atoms with E-state index in [2.05, 4.69) is 21.2 Å². The maximum atomic E-state index is 13.8. The highest BCUT2D eigenvalue weighted by atomic mass is 79.9. The average Bonchev–Trinajstić information content (AvgIpc) is 3.46. The predicted octanol–water partition coefficient (Wildman–Crippen LogP) is 2.79. The van der Waals surface area contributed by atoms with E-state index in [1.807, 2.05) is 17.0 Å². The van der Waals surface area contributed by atoms with Crippen LogP contribution in [-0.2, 0) is 19.9 Å². The maximum Gasteiger partial charge on any atom is 0.271 e. The van der Waals surface area contributed by atoms with Crippen LogP contribution in [0.15, 0.2) is 46.9 Å². The molecule has 6 rings (SSSR count). The number of nitrogens with one attached hydrogen (secondary N) is 1. The minimum Gasteiger partial charge on any atom is -0.324 e. The molecule has 1 spiro atoms. The number of rotatable bonds is 2. The van der Waals surface area contributed by atoms with Gasteiger partial charge in [0.25, 0.3) is 5.69 Å². The fourth-order valence-corrected chi connectivity index (χ4v) is 6.54. The summed E-state index contributed by atoms with van der Waals surface area (Å²) in [7, 11) is 0. The monoisotopic (exact) mass is 496 g/mol. The second kappa shape index (κ2) is 6.46. The number of halogens is 1. The lowest BCUT2D eigenvalue weighted by Crippen LogP contribution is -2.54. The number of imide groups is 1. The summed E-state index contributed by atoms with van der Waals surface area (Å²) in [6.07, 6.45) is 1.53. The van der Waals surface area contributed by atoms with E-state index in [4.69, 9.17) is 0 Å². The molecule has 4 aliphatic rings. The van der Waals surface area contributed by atoms with Gasteiger partial charge in [-0.3, -0.25) is 29.4 Å². The normalized spacial score (nSPS) is 30.6. The first kappa shape index (κ1) is 19.6. The zero-order valence-corrected chi connectivity index (χ0v) is 18.2. The molecule has 0 bridgehead atoms. The van der Waals surface area contributed by atoms with Crippen molar-refractivity contribution in [3.63, 3.8) is 0 Å². The number of nitro benzene ring substituents is 1. The molecule has 3 saturated heterocycles. The number of anilines is 2. The first-order chi connectivity index (χ1) is 15.4. The van der Waals surface area contributed by atoms with Crippen molar-refractivity contribution in [2.75, 3.05) is 16.8 Å². The number of carbonyl (C=O) groups is 3. The maximum absolute atomic E-state index is 13.8. The zero-order chi connectivity index (χ0) is 22.4. The summed E-state index contributed by atoms with van der Waals surface area (Å²) in [5.74, 6) is -2.76. The van der Waals surface area contributed by atoms with Gasteiger partial charge in [-0.1, -0.05) is 22.0 Å². The Morgan fingerprint density at radius 3 is 2.72 bits per heavy atom. The van der Waals surface area contributed by atoms with Crippen molar-refractivity contribution in [2.45, 2.75) is 24.4 Å². The van der Waals surface area contributed by atoms with Gasteiger partial charge in [0.15, 0.2) is 0 Å². The molecule has 0 aromatic heterocycles. The van der Waals surface area contributed by atoms with Gasteiger partial charge in [-0.15, -0.1) is 0 Å². The Morgan fingerprint density at radius 1 is 1.12 bits per heavy atom. The number of non-ortho nitro benzene ring substituents is 1. The molecule has 3 amide bonds. The van der Waals surface area contributed by atoms with Gasteiger partial charge in [0.2, 0.25) is 17.7 Å². The van der Waals surface area contributed by atoms with Crippen molar-refractivity contribution in [3.8, 4) is 0 Å². The summed E-state index contributed by atoms with van der Waals surface area (Å²) in [5, 5.41) is 14.2. The van der Waals surface area contributed by atoms with Crippen LogP contribution in [0.25, 0.3) is 0 Å². The van der Waals surface area contributed by atoms with Gasteiger partial charge in [-0.05, 0) is 43.7 Å². The van der Waals surface area contributed by atoms with Crippen LogP contribution < -0.4 is 10.2 Å². The molecule has 4 aliphatic heterocycles. The Kier molecular flexibility index (Phi) is 3.95. The van der Waals surface area contributed by atoms with Crippen molar-refractivity contribution in [1.29, 1.82) is 0 Å². The number of amides is 3. The standard InChI is InChI=1S/C22H17BrN4O5/c23-11-6-7-15-14(9-11)22(21(30)24-15)18-17(16-5-2-8-25(16)22)19(28)26(20(18)29)12-3-1-4-13(10-12)27(31)32/h1,3-4,6-7,9-10,16-18H,2,5,8H2,(H,24,30)/t16-,17+,18-,22+/m0/s1. The van der Waals surface area contributed by atoms with Crippen molar-refractivity contribution in [3.05, 3.63) is 62.6 Å². The molecule has 162 valence electrons. The fourth-order valence-electron chi connectivity index (χ4n) is 6.18. The van der Waals surface area contributed by atoms with Gasteiger partial charge in [-0.25, -0.2) is 4.90 Å². The predicted molar refractivity (Wildman–Crippen MR) is 117 cm³/mol. The number of hydrogen-bond donors (Lipinski definition) is 1. The molecule has 0 saturated carbocycles. The lowest BCUT2D eigenvalue weighted by atomic mass is 9.75. The molecule has 0 radical (unpaired) electrons. The molecule has 3 fully saturated rings. The van der Waals surface area contributed by atoms with Crippen LogP contribution in [0.1, 0.15) is 18.4 Å². The Morgan fingerprint density at radius 2 is 1.94 bits per heavy atom. The van der Waals surface area contributed by atoms with E-state index in [9.17, 15) is 24.5 Å². The summed E-state index contributed by atoms with van der Waals surface area (Å²) in [5.41, 5.74) is 0.0194. The third-order valence-corrected chi connectivity index (χ3v) is 7.75. The molecule has 10 heteroatoms. The molecule has 32 heavy (non-hydrogen) atoms. The Bertz CT molecular complexity index is 1250. The Labute approximate surface area is 190 Å². The number of nitrogens with zero attached hydrogens (tertiary/aromatic N) is 3. The Balaban J connectivity index is 1.54. The van der Waals surface area contributed by atoms with Gasteiger partial charge in [0.05, 0.1) is 22.4 Å². The second-order valence-electron chi connectivity index (χ2n) is 8.61. The van der Waals surface area contributed by atoms with Gasteiger partial charge in [-0.2, -0.15) is 0 Å². The first-order valence-corrected chi connectivity index (χ1v) is 11.2. The molecule has 4 heterocycles. The molecule has 1 N–H and O–H groups in total. The number of benzene rings is 2. The highest BCUT2D eigenvalue weighted by Gasteiger charge is 2.74. The lowest BCUT2D eigenvalue weighted by molar-refractivity contribution is -0.384. The molecule has 0 aliphatic carbocycles. The van der Waals surface area contributed by atoms with Crippen molar-refractivity contribution in [1.82, 2.24) is 4.90 Å². The molecular weight excluding hydrogens is 480 g/mol. The third kappa shape index (κ3) is 2.23. The highest BCUT2D eigenvalue weighted by Crippen LogP contribution is 2.60. The topological polar surface area (TPSA) is 113 Å². The van der Waals surface area contributed by atoms with Crippen molar-refractivity contribution in [2.24, 2.45) is 11.8 Å². The molecule has 9 nitrogen and oxygen atoms in total. The van der Waals surface area contributed by atoms with Gasteiger partial charge in [0.1, 0.15) is 5.54 Å². The van der Waals surface area contributed by atoms with E-state index in [1.165, 1.54) is 24.3 Å². The third-order valence-electron chi connectivity index (χ3n) is 7.25. The zero-order valence-electron chi connectivity index (χ0n) is 16.7. The average molecular weight is 497 g/mol. The van der Waals surface area contributed by atoms with Crippen LogP contribution in [0.4, 0.5) is 17.1 Å². The van der Waals surface area contributed by atoms with Gasteiger partial charge < -0.3 is 5.32 Å². The number of fused-ring (bicyclic) bond motifs is 7. The molecule has 2 aromatic carbocycles. The molecule has 4 atom stereocenters. The summed E-state index contributed by atoms with van der Waals surface area (Å²) in [6, 6.07) is 10.7. The second-order valence-corrected chi connectivity index (χ2v) is 9.52. The summed E-state index contributed by atoms with van der Waals surface area (Å²) in [4.78, 5) is 54.8. The van der Waals surface area contributed by atoms with Gasteiger partial charge >= 0.3 is 0 Å². The molecule has 2 aromatic rings. The summed E-state index contributed by atoms with van der Waals surface area (Å²) < 4.78 is 0.777. The minimum atomic E-state index is -1.27. The van der Waals surface area contributed by atoms with Gasteiger partial charge in [0, 0.05) is 33.9 Å². The van der Waals surface area contributed by atoms with E-state index >= 15 is 0 Å². The smallest absolute Gasteiger partial charge is 0.271 e. The number of carbonyl (C=O) groups excluding carboxylic acids is 3. The fraction of sp³-hybridized carbons (Fsp3) is 0.318. The number of nitro groups is 1. The van der Waals surface area contributed by atoms with Crippen LogP contribution in [0.3, 0.4) is 0 Å². The highest BCUT2D eigenvalue weighted by molar-refractivity contribution is 9.10. The lowest BCUT2D eigenvalue weighted by Gasteiger charge is -2.36. The number of hydrogen-bond acceptors (Lipinski definition) is 6. The van der Waals surface area contributed by atoms with Crippen LogP contribution in [0.5, 0.6) is 0 Å². The van der Waals surface area contributed by atoms with Crippen LogP contribution >= 0.6 is 15.9 Å². The Hall–Kier alpha value is -3.11. The summed E-state index contributed by atoms with van der Waals surface area (Å²) >= 11 is 3.47. The molecular formula is C22H17BrN4O5. The first-order valence-electron chi connectivity index (χ1n) is 10.4. The van der Waals surface area contributed by atoms with Crippen LogP contribution in [0, 0.1) is 22.0 Å². The SMILES string of the molecule is O=C1[C@H]2[C@@H](C(=O)N1c1cccc([N+](=O)[O-])c1)[C@]1(C(=O)Nc3ccc(Br)cc31)N1CCC[C@@H]21. The minimum absolute atomic E-state index is 0.163. The quantitative estimate of drug-likeness (QED) is 0.388. The van der Waals surface area contributed by atoms with Crippen molar-refractivity contribution < 1.29 is 19.3 Å². The van der Waals surface area contributed by atoms with E-state index < -0.39 is 34.1 Å². The van der Waals surface area contributed by atoms with E-state index in [0.29, 0.717) is 24.2 Å². The van der Waals surface area contributed by atoms with Crippen molar-refractivity contribution >= 4 is 50.7 Å². The van der Waals surface area contributed by atoms with Crippen LogP contribution in [0.2, 0.25) is 0 Å². The van der Waals surface area contributed by atoms with E-state index in [-0.39, 0.29) is 23.3 Å². The summed E-state index contributed by atoms with van der Waals surface area (Å²) in [6.45, 7) is 0.619. The van der Waals surface area contributed by atoms with E-state index in [1.54, 1.807) is 6.07 Å².